The maximum Gasteiger partial charge on any atom is 0.354 e. The zero-order chi connectivity index (χ0) is 22.5. The van der Waals surface area contributed by atoms with Crippen molar-refractivity contribution in [2.75, 3.05) is 37.3 Å². The summed E-state index contributed by atoms with van der Waals surface area (Å²) in [6.07, 6.45) is 4.45. The average Bonchev–Trinajstić information content (AvgIpc) is 3.11. The molecule has 1 saturated heterocycles. The Balaban J connectivity index is 1.68. The number of aromatic carboxylic acids is 1. The van der Waals surface area contributed by atoms with Gasteiger partial charge in [0.2, 0.25) is 10.0 Å². The van der Waals surface area contributed by atoms with Crippen molar-refractivity contribution in [2.45, 2.75) is 25.2 Å². The minimum atomic E-state index is -3.26. The number of para-hydroxylation sites is 1. The fourth-order valence-electron chi connectivity index (χ4n) is 4.46. The number of hydrogen-bond donors (Lipinski definition) is 1. The van der Waals surface area contributed by atoms with Crippen molar-refractivity contribution < 1.29 is 18.3 Å². The van der Waals surface area contributed by atoms with Crippen molar-refractivity contribution in [3.63, 3.8) is 0 Å². The summed E-state index contributed by atoms with van der Waals surface area (Å²) in [6, 6.07) is 11.2. The number of carboxylic acid groups (broad SMARTS) is 1. The summed E-state index contributed by atoms with van der Waals surface area (Å²) in [4.78, 5) is 18.5. The summed E-state index contributed by atoms with van der Waals surface area (Å²) < 4.78 is 27.1. The maximum atomic E-state index is 11.9. The molecule has 0 bridgehead atoms. The van der Waals surface area contributed by atoms with Gasteiger partial charge in [0, 0.05) is 32.1 Å². The third kappa shape index (κ3) is 3.63. The van der Waals surface area contributed by atoms with Crippen molar-refractivity contribution in [3.8, 4) is 5.69 Å². The second-order valence-corrected chi connectivity index (χ2v) is 10.4. The van der Waals surface area contributed by atoms with Crippen molar-refractivity contribution in [1.82, 2.24) is 19.1 Å². The predicted molar refractivity (Wildman–Crippen MR) is 121 cm³/mol. The van der Waals surface area contributed by atoms with Crippen molar-refractivity contribution in [2.24, 2.45) is 0 Å². The number of sulfonamides is 1. The number of carbonyl (C=O) groups is 1. The van der Waals surface area contributed by atoms with Crippen LogP contribution in [0.25, 0.3) is 16.7 Å². The number of hydrogen-bond acceptors (Lipinski definition) is 6. The highest BCUT2D eigenvalue weighted by molar-refractivity contribution is 7.88. The van der Waals surface area contributed by atoms with Crippen LogP contribution in [0.3, 0.4) is 0 Å². The molecular formula is C22H25N5O4S. The van der Waals surface area contributed by atoms with Crippen LogP contribution in [0.1, 0.15) is 41.4 Å². The van der Waals surface area contributed by atoms with E-state index in [2.05, 4.69) is 9.88 Å². The van der Waals surface area contributed by atoms with Crippen molar-refractivity contribution in [3.05, 3.63) is 47.8 Å². The molecule has 5 rings (SSSR count). The fraction of sp³-hybridized carbons (Fsp3) is 0.409. The van der Waals surface area contributed by atoms with Gasteiger partial charge in [0.1, 0.15) is 0 Å². The number of rotatable bonds is 5. The largest absolute Gasteiger partial charge is 0.477 e. The molecule has 0 amide bonds. The van der Waals surface area contributed by atoms with E-state index in [4.69, 9.17) is 5.10 Å². The first-order valence-corrected chi connectivity index (χ1v) is 12.6. The Kier molecular flexibility index (Phi) is 5.13. The van der Waals surface area contributed by atoms with Crippen LogP contribution in [-0.2, 0) is 10.0 Å². The Bertz CT molecular complexity index is 1280. The number of piperazine rings is 1. The topological polar surface area (TPSA) is 109 Å². The number of pyridine rings is 1. The molecule has 0 radical (unpaired) electrons. The summed E-state index contributed by atoms with van der Waals surface area (Å²) in [5, 5.41) is 15.5. The molecule has 10 heteroatoms. The average molecular weight is 456 g/mol. The summed E-state index contributed by atoms with van der Waals surface area (Å²) >= 11 is 0. The highest BCUT2D eigenvalue weighted by Crippen LogP contribution is 2.42. The van der Waals surface area contributed by atoms with Gasteiger partial charge >= 0.3 is 5.97 Å². The smallest absolute Gasteiger partial charge is 0.354 e. The van der Waals surface area contributed by atoms with E-state index >= 15 is 0 Å². The van der Waals surface area contributed by atoms with Crippen LogP contribution in [0.2, 0.25) is 0 Å². The summed E-state index contributed by atoms with van der Waals surface area (Å²) in [6.45, 7) is 1.67. The number of benzene rings is 1. The molecule has 1 saturated carbocycles. The monoisotopic (exact) mass is 455 g/mol. The minimum absolute atomic E-state index is 0.0460. The Morgan fingerprint density at radius 2 is 1.78 bits per heavy atom. The van der Waals surface area contributed by atoms with Gasteiger partial charge < -0.3 is 10.0 Å². The van der Waals surface area contributed by atoms with Gasteiger partial charge in [-0.25, -0.2) is 22.9 Å². The number of nitrogens with zero attached hydrogens (tertiary/aromatic N) is 5. The normalized spacial score (nSPS) is 18.1. The van der Waals surface area contributed by atoms with Gasteiger partial charge in [-0.2, -0.15) is 9.40 Å². The lowest BCUT2D eigenvalue weighted by atomic mass is 9.82. The van der Waals surface area contributed by atoms with Gasteiger partial charge in [-0.1, -0.05) is 24.6 Å². The summed E-state index contributed by atoms with van der Waals surface area (Å²) in [5.74, 6) is -0.787. The van der Waals surface area contributed by atoms with Crippen LogP contribution in [-0.4, -0.2) is 71.0 Å². The lowest BCUT2D eigenvalue weighted by Gasteiger charge is -2.35. The molecule has 168 valence electrons. The van der Waals surface area contributed by atoms with E-state index in [-0.39, 0.29) is 5.69 Å². The molecule has 1 aromatic carbocycles. The minimum Gasteiger partial charge on any atom is -0.477 e. The van der Waals surface area contributed by atoms with E-state index < -0.39 is 16.0 Å². The van der Waals surface area contributed by atoms with Crippen molar-refractivity contribution in [1.29, 1.82) is 0 Å². The fourth-order valence-corrected chi connectivity index (χ4v) is 5.29. The standard InChI is InChI=1S/C22H25N5O4S/c1-32(30,31)26-12-10-25(11-13-26)18-14-17(22(28)29)23-21-19(18)20(15-6-5-7-15)24-27(21)16-8-3-2-4-9-16/h2-4,8-9,14-15H,5-7,10-13H2,1H3,(H,28,29). The van der Waals surface area contributed by atoms with E-state index in [9.17, 15) is 18.3 Å². The molecule has 1 aliphatic carbocycles. The lowest BCUT2D eigenvalue weighted by molar-refractivity contribution is 0.0691. The van der Waals surface area contributed by atoms with E-state index in [1.54, 1.807) is 10.7 Å². The Hall–Kier alpha value is -2.98. The first-order chi connectivity index (χ1) is 15.3. The highest BCUT2D eigenvalue weighted by Gasteiger charge is 2.32. The molecule has 0 unspecified atom stereocenters. The molecular weight excluding hydrogens is 430 g/mol. The number of aromatic nitrogens is 3. The maximum absolute atomic E-state index is 11.9. The Morgan fingerprint density at radius 3 is 2.34 bits per heavy atom. The van der Waals surface area contributed by atoms with Crippen LogP contribution in [0, 0.1) is 0 Å². The Labute approximate surface area is 186 Å². The number of fused-ring (bicyclic) bond motifs is 1. The van der Waals surface area contributed by atoms with Gasteiger partial charge in [-0.3, -0.25) is 0 Å². The Morgan fingerprint density at radius 1 is 1.09 bits per heavy atom. The predicted octanol–water partition coefficient (Wildman–Crippen LogP) is 2.47. The third-order valence-corrected chi connectivity index (χ3v) is 7.71. The molecule has 2 aliphatic rings. The molecule has 3 aromatic rings. The van der Waals surface area contributed by atoms with Crippen LogP contribution in [0.4, 0.5) is 5.69 Å². The van der Waals surface area contributed by atoms with E-state index in [0.29, 0.717) is 37.7 Å². The molecule has 2 aromatic heterocycles. The first-order valence-electron chi connectivity index (χ1n) is 10.8. The van der Waals surface area contributed by atoms with Crippen LogP contribution >= 0.6 is 0 Å². The van der Waals surface area contributed by atoms with Gasteiger partial charge in [-0.05, 0) is 31.0 Å². The second-order valence-electron chi connectivity index (χ2n) is 8.44. The van der Waals surface area contributed by atoms with E-state index in [0.717, 1.165) is 41.7 Å². The molecule has 0 atom stereocenters. The summed E-state index contributed by atoms with van der Waals surface area (Å²) in [5.41, 5.74) is 3.02. The third-order valence-electron chi connectivity index (χ3n) is 6.40. The zero-order valence-electron chi connectivity index (χ0n) is 17.8. The van der Waals surface area contributed by atoms with E-state index in [1.807, 2.05) is 30.3 Å². The zero-order valence-corrected chi connectivity index (χ0v) is 18.6. The van der Waals surface area contributed by atoms with Gasteiger partial charge in [-0.15, -0.1) is 0 Å². The molecule has 32 heavy (non-hydrogen) atoms. The van der Waals surface area contributed by atoms with Gasteiger partial charge in [0.25, 0.3) is 0 Å². The first kappa shape index (κ1) is 20.9. The molecule has 1 N–H and O–H groups in total. The molecule has 1 aliphatic heterocycles. The van der Waals surface area contributed by atoms with Gasteiger partial charge in [0.05, 0.1) is 28.7 Å². The van der Waals surface area contributed by atoms with Gasteiger partial charge in [0.15, 0.2) is 11.3 Å². The van der Waals surface area contributed by atoms with Crippen LogP contribution < -0.4 is 4.90 Å². The highest BCUT2D eigenvalue weighted by atomic mass is 32.2. The van der Waals surface area contributed by atoms with Crippen LogP contribution in [0.15, 0.2) is 36.4 Å². The molecule has 2 fully saturated rings. The van der Waals surface area contributed by atoms with Crippen LogP contribution in [0.5, 0.6) is 0 Å². The molecule has 9 nitrogen and oxygen atoms in total. The number of carboxylic acids is 1. The lowest BCUT2D eigenvalue weighted by Crippen LogP contribution is -2.48. The second kappa shape index (κ2) is 7.86. The van der Waals surface area contributed by atoms with E-state index in [1.165, 1.54) is 10.6 Å². The molecule has 0 spiro atoms. The SMILES string of the molecule is CS(=O)(=O)N1CCN(c2cc(C(=O)O)nc3c2c(C2CCC2)nn3-c2ccccc2)CC1. The van der Waals surface area contributed by atoms with Crippen molar-refractivity contribution >= 4 is 32.7 Å². The number of anilines is 1. The summed E-state index contributed by atoms with van der Waals surface area (Å²) in [7, 11) is -3.26. The molecule has 3 heterocycles. The quantitative estimate of drug-likeness (QED) is 0.629.